The first-order valence-electron chi connectivity index (χ1n) is 19.9. The van der Waals surface area contributed by atoms with E-state index in [4.69, 9.17) is 14.2 Å². The van der Waals surface area contributed by atoms with E-state index in [0.29, 0.717) is 19.3 Å². The maximum absolute atomic E-state index is 12.4. The van der Waals surface area contributed by atoms with Crippen LogP contribution in [0.15, 0.2) is 0 Å². The molecule has 0 aromatic carbocycles. The fraction of sp³-hybridized carbons (Fsp3) is 0.925. The van der Waals surface area contributed by atoms with Crippen LogP contribution in [0.5, 0.6) is 0 Å². The molecule has 0 aliphatic rings. The van der Waals surface area contributed by atoms with Crippen LogP contribution in [-0.4, -0.2) is 37.2 Å². The standard InChI is InChI=1S/C40H76O6/c1-5-7-9-11-19-24-27-31-38(41)44-34-37(46-40(43)33-29-22-10-8-6-2)35-45-39(42)32-28-25-21-18-16-14-12-13-15-17-20-23-26-30-36(3)4/h36-37H,5-35H2,1-4H3/t37-/m0/s1. The summed E-state index contributed by atoms with van der Waals surface area (Å²) < 4.78 is 16.5. The molecule has 0 fully saturated rings. The number of rotatable bonds is 35. The number of hydrogen-bond donors (Lipinski definition) is 0. The van der Waals surface area contributed by atoms with Crippen LogP contribution in [0.3, 0.4) is 0 Å². The van der Waals surface area contributed by atoms with Crippen LogP contribution in [-0.2, 0) is 28.6 Å². The zero-order valence-electron chi connectivity index (χ0n) is 31.0. The smallest absolute Gasteiger partial charge is 0.306 e. The summed E-state index contributed by atoms with van der Waals surface area (Å²) in [6.07, 6.45) is 31.3. The van der Waals surface area contributed by atoms with Gasteiger partial charge >= 0.3 is 17.9 Å². The van der Waals surface area contributed by atoms with Crippen molar-refractivity contribution in [2.45, 2.75) is 220 Å². The Bertz CT molecular complexity index is 691. The molecule has 0 aliphatic carbocycles. The molecule has 0 unspecified atom stereocenters. The van der Waals surface area contributed by atoms with Gasteiger partial charge in [0.05, 0.1) is 0 Å². The minimum atomic E-state index is -0.755. The van der Waals surface area contributed by atoms with E-state index in [9.17, 15) is 14.4 Å². The molecule has 6 heteroatoms. The molecule has 0 aromatic heterocycles. The Kier molecular flexibility index (Phi) is 33.5. The van der Waals surface area contributed by atoms with Crippen molar-refractivity contribution in [1.29, 1.82) is 0 Å². The van der Waals surface area contributed by atoms with Crippen LogP contribution in [0.25, 0.3) is 0 Å². The maximum atomic E-state index is 12.4. The molecule has 0 aliphatic heterocycles. The number of esters is 3. The van der Waals surface area contributed by atoms with Crippen molar-refractivity contribution in [2.75, 3.05) is 13.2 Å². The molecule has 0 amide bonds. The van der Waals surface area contributed by atoms with Crippen LogP contribution in [0.1, 0.15) is 214 Å². The van der Waals surface area contributed by atoms with Crippen molar-refractivity contribution in [3.05, 3.63) is 0 Å². The third-order valence-electron chi connectivity index (χ3n) is 8.79. The van der Waals surface area contributed by atoms with Crippen LogP contribution >= 0.6 is 0 Å². The topological polar surface area (TPSA) is 78.9 Å². The van der Waals surface area contributed by atoms with E-state index in [0.717, 1.165) is 70.1 Å². The number of hydrogen-bond acceptors (Lipinski definition) is 6. The van der Waals surface area contributed by atoms with E-state index < -0.39 is 6.10 Å². The molecule has 0 aromatic rings. The summed E-state index contributed by atoms with van der Waals surface area (Å²) >= 11 is 0. The van der Waals surface area contributed by atoms with Gasteiger partial charge in [0, 0.05) is 19.3 Å². The van der Waals surface area contributed by atoms with Crippen molar-refractivity contribution in [3.63, 3.8) is 0 Å². The average Bonchev–Trinajstić information content (AvgIpc) is 3.03. The van der Waals surface area contributed by atoms with Gasteiger partial charge in [-0.15, -0.1) is 0 Å². The highest BCUT2D eigenvalue weighted by atomic mass is 16.6. The summed E-state index contributed by atoms with van der Waals surface area (Å²) in [7, 11) is 0. The number of unbranched alkanes of at least 4 members (excludes halogenated alkanes) is 22. The first-order chi connectivity index (χ1) is 22.4. The highest BCUT2D eigenvalue weighted by Crippen LogP contribution is 2.15. The molecule has 0 saturated carbocycles. The molecule has 0 saturated heterocycles. The lowest BCUT2D eigenvalue weighted by Crippen LogP contribution is -2.30. The Morgan fingerprint density at radius 3 is 1.07 bits per heavy atom. The van der Waals surface area contributed by atoms with Crippen LogP contribution in [0, 0.1) is 5.92 Å². The SMILES string of the molecule is CCCCCCCCCC(=O)OC[C@@H](COC(=O)CCCCCCCCCCCCCCCC(C)C)OC(=O)CCCCCCC. The molecule has 272 valence electrons. The first kappa shape index (κ1) is 44.4. The van der Waals surface area contributed by atoms with Crippen molar-refractivity contribution in [3.8, 4) is 0 Å². The Morgan fingerprint density at radius 2 is 0.717 bits per heavy atom. The molecule has 0 radical (unpaired) electrons. The lowest BCUT2D eigenvalue weighted by Gasteiger charge is -2.18. The van der Waals surface area contributed by atoms with E-state index >= 15 is 0 Å². The second kappa shape index (κ2) is 34.7. The van der Waals surface area contributed by atoms with Crippen molar-refractivity contribution < 1.29 is 28.6 Å². The summed E-state index contributed by atoms with van der Waals surface area (Å²) in [5.41, 5.74) is 0. The lowest BCUT2D eigenvalue weighted by atomic mass is 10.0. The monoisotopic (exact) mass is 653 g/mol. The Balaban J connectivity index is 4.11. The minimum absolute atomic E-state index is 0.0664. The molecular weight excluding hydrogens is 576 g/mol. The van der Waals surface area contributed by atoms with Crippen LogP contribution in [0.4, 0.5) is 0 Å². The minimum Gasteiger partial charge on any atom is -0.462 e. The highest BCUT2D eigenvalue weighted by molar-refractivity contribution is 5.71. The predicted octanol–water partition coefficient (Wildman–Crippen LogP) is 12.0. The van der Waals surface area contributed by atoms with Gasteiger partial charge in [0.2, 0.25) is 0 Å². The van der Waals surface area contributed by atoms with Gasteiger partial charge in [-0.05, 0) is 25.2 Å². The van der Waals surface area contributed by atoms with Crippen LogP contribution in [0.2, 0.25) is 0 Å². The summed E-state index contributed by atoms with van der Waals surface area (Å²) in [5.74, 6) is -0.0439. The van der Waals surface area contributed by atoms with E-state index in [1.165, 1.54) is 103 Å². The predicted molar refractivity (Wildman–Crippen MR) is 192 cm³/mol. The molecule has 0 rings (SSSR count). The molecule has 0 spiro atoms. The molecule has 0 heterocycles. The van der Waals surface area contributed by atoms with Gasteiger partial charge in [-0.3, -0.25) is 14.4 Å². The first-order valence-corrected chi connectivity index (χ1v) is 19.9. The van der Waals surface area contributed by atoms with Crippen LogP contribution < -0.4 is 0 Å². The zero-order valence-corrected chi connectivity index (χ0v) is 31.0. The van der Waals surface area contributed by atoms with E-state index in [1.54, 1.807) is 0 Å². The molecular formula is C40H76O6. The van der Waals surface area contributed by atoms with E-state index in [-0.39, 0.29) is 31.1 Å². The molecule has 6 nitrogen and oxygen atoms in total. The number of carbonyl (C=O) groups excluding carboxylic acids is 3. The summed E-state index contributed by atoms with van der Waals surface area (Å²) in [6, 6.07) is 0. The Labute approximate surface area is 285 Å². The van der Waals surface area contributed by atoms with Gasteiger partial charge in [-0.1, -0.05) is 175 Å². The Morgan fingerprint density at radius 1 is 0.413 bits per heavy atom. The lowest BCUT2D eigenvalue weighted by molar-refractivity contribution is -0.167. The van der Waals surface area contributed by atoms with Crippen molar-refractivity contribution in [1.82, 2.24) is 0 Å². The van der Waals surface area contributed by atoms with Gasteiger partial charge in [0.25, 0.3) is 0 Å². The summed E-state index contributed by atoms with van der Waals surface area (Å²) in [5, 5.41) is 0. The Hall–Kier alpha value is -1.59. The second-order valence-electron chi connectivity index (χ2n) is 14.0. The number of ether oxygens (including phenoxy) is 3. The van der Waals surface area contributed by atoms with Crippen molar-refractivity contribution >= 4 is 17.9 Å². The van der Waals surface area contributed by atoms with Gasteiger partial charge in [0.1, 0.15) is 13.2 Å². The molecule has 1 atom stereocenters. The zero-order chi connectivity index (χ0) is 33.9. The molecule has 46 heavy (non-hydrogen) atoms. The maximum Gasteiger partial charge on any atom is 0.306 e. The highest BCUT2D eigenvalue weighted by Gasteiger charge is 2.19. The summed E-state index contributed by atoms with van der Waals surface area (Å²) in [6.45, 7) is 8.85. The molecule has 0 bridgehead atoms. The average molecular weight is 653 g/mol. The largest absolute Gasteiger partial charge is 0.462 e. The number of carbonyl (C=O) groups is 3. The quantitative estimate of drug-likeness (QED) is 0.0385. The van der Waals surface area contributed by atoms with Gasteiger partial charge in [-0.2, -0.15) is 0 Å². The van der Waals surface area contributed by atoms with Gasteiger partial charge < -0.3 is 14.2 Å². The van der Waals surface area contributed by atoms with Crippen molar-refractivity contribution in [2.24, 2.45) is 5.92 Å². The fourth-order valence-corrected chi connectivity index (χ4v) is 5.74. The van der Waals surface area contributed by atoms with E-state index in [1.807, 2.05) is 0 Å². The fourth-order valence-electron chi connectivity index (χ4n) is 5.74. The third kappa shape index (κ3) is 33.8. The normalized spacial score (nSPS) is 11.9. The molecule has 0 N–H and O–H groups in total. The third-order valence-corrected chi connectivity index (χ3v) is 8.79. The summed E-state index contributed by atoms with van der Waals surface area (Å²) in [4.78, 5) is 37.1. The van der Waals surface area contributed by atoms with Gasteiger partial charge in [0.15, 0.2) is 6.10 Å². The van der Waals surface area contributed by atoms with E-state index in [2.05, 4.69) is 27.7 Å². The van der Waals surface area contributed by atoms with Gasteiger partial charge in [-0.25, -0.2) is 0 Å². The second-order valence-corrected chi connectivity index (χ2v) is 14.0.